The molecule has 2 unspecified atom stereocenters. The van der Waals surface area contributed by atoms with Gasteiger partial charge in [0.15, 0.2) is 0 Å². The van der Waals surface area contributed by atoms with Crippen LogP contribution in [0.3, 0.4) is 0 Å². The van der Waals surface area contributed by atoms with Crippen LogP contribution in [-0.4, -0.2) is 119 Å². The number of hydrogen-bond acceptors (Lipinski definition) is 12. The van der Waals surface area contributed by atoms with Gasteiger partial charge in [0.1, 0.15) is 59.8 Å². The van der Waals surface area contributed by atoms with Gasteiger partial charge in [0.25, 0.3) is 0 Å². The summed E-state index contributed by atoms with van der Waals surface area (Å²) in [4.78, 5) is 6.94. The molecule has 0 aromatic heterocycles. The molecule has 71 heavy (non-hydrogen) atoms. The molecule has 19 heteroatoms. The number of alkyl halides is 6. The van der Waals surface area contributed by atoms with E-state index in [-0.39, 0.29) is 17.3 Å². The Bertz CT molecular complexity index is 2340. The van der Waals surface area contributed by atoms with Crippen LogP contribution < -0.4 is 29.0 Å². The highest BCUT2D eigenvalue weighted by Gasteiger charge is 2.32. The predicted octanol–water partition coefficient (Wildman–Crippen LogP) is 9.75. The maximum atomic E-state index is 13.4. The lowest BCUT2D eigenvalue weighted by Crippen LogP contribution is -2.52. The summed E-state index contributed by atoms with van der Waals surface area (Å²) in [7, 11) is 0. The van der Waals surface area contributed by atoms with Crippen LogP contribution in [0.5, 0.6) is 28.7 Å². The molecular weight excluding hydrogens is 940 g/mol. The molecule has 0 bridgehead atoms. The Morgan fingerprint density at radius 3 is 1.79 bits per heavy atom. The molecule has 0 radical (unpaired) electrons. The van der Waals surface area contributed by atoms with E-state index in [1.54, 1.807) is 48.5 Å². The number of nitrogens with zero attached hydrogens (tertiary/aromatic N) is 4. The number of benzene rings is 5. The van der Waals surface area contributed by atoms with Crippen molar-refractivity contribution in [2.24, 2.45) is 0 Å². The van der Waals surface area contributed by atoms with Crippen LogP contribution in [0, 0.1) is 17.1 Å². The molecule has 2 fully saturated rings. The smallest absolute Gasteiger partial charge is 0.494 e. The zero-order chi connectivity index (χ0) is 50.3. The minimum atomic E-state index is -4.77. The van der Waals surface area contributed by atoms with E-state index < -0.39 is 18.8 Å². The molecule has 0 saturated carbocycles. The van der Waals surface area contributed by atoms with Crippen molar-refractivity contribution in [2.45, 2.75) is 37.7 Å². The fraction of sp³-hybridized carbons (Fsp3) is 0.365. The number of hydrogen-bond donors (Lipinski definition) is 1. The van der Waals surface area contributed by atoms with Gasteiger partial charge in [-0.3, -0.25) is 14.7 Å². The lowest BCUT2D eigenvalue weighted by Gasteiger charge is -2.36. The lowest BCUT2D eigenvalue weighted by atomic mass is 10.1. The molecule has 380 valence electrons. The van der Waals surface area contributed by atoms with E-state index in [9.17, 15) is 30.7 Å². The van der Waals surface area contributed by atoms with Crippen molar-refractivity contribution in [3.05, 3.63) is 162 Å². The minimum Gasteiger partial charge on any atom is -0.494 e. The highest BCUT2D eigenvalue weighted by atomic mass is 19.4. The third-order valence-electron chi connectivity index (χ3n) is 11.3. The first-order chi connectivity index (χ1) is 34.3. The first-order valence-corrected chi connectivity index (χ1v) is 23.0. The fourth-order valence-corrected chi connectivity index (χ4v) is 7.66. The number of rotatable bonds is 18. The van der Waals surface area contributed by atoms with Gasteiger partial charge in [0, 0.05) is 71.5 Å². The Balaban J connectivity index is 0.000000219. The highest BCUT2D eigenvalue weighted by molar-refractivity contribution is 5.35. The zero-order valence-electron chi connectivity index (χ0n) is 38.8. The quantitative estimate of drug-likeness (QED) is 0.0845. The number of nitrogens with one attached hydrogen (secondary N) is 1. The van der Waals surface area contributed by atoms with Crippen LogP contribution in [0.1, 0.15) is 29.2 Å². The number of nitriles is 1. The average molecular weight is 996 g/mol. The molecular formula is C52H56F7N5O7. The van der Waals surface area contributed by atoms with Crippen molar-refractivity contribution in [1.82, 2.24) is 20.0 Å². The van der Waals surface area contributed by atoms with Crippen LogP contribution in [0.15, 0.2) is 140 Å². The summed E-state index contributed by atoms with van der Waals surface area (Å²) in [5, 5.41) is 12.3. The normalized spacial score (nSPS) is 16.6. The lowest BCUT2D eigenvalue weighted by molar-refractivity contribution is -0.275. The van der Waals surface area contributed by atoms with E-state index in [0.29, 0.717) is 49.5 Å². The van der Waals surface area contributed by atoms with Gasteiger partial charge in [-0.25, -0.2) is 4.39 Å². The highest BCUT2D eigenvalue weighted by Crippen LogP contribution is 2.29. The number of ether oxygens (including phenoxy) is 7. The van der Waals surface area contributed by atoms with E-state index in [1.807, 2.05) is 30.3 Å². The molecule has 3 aliphatic rings. The summed E-state index contributed by atoms with van der Waals surface area (Å²) < 4.78 is 122. The Hall–Kier alpha value is -6.72. The fourth-order valence-electron chi connectivity index (χ4n) is 7.66. The largest absolute Gasteiger partial charge is 0.573 e. The second kappa shape index (κ2) is 27.6. The van der Waals surface area contributed by atoms with Gasteiger partial charge in [0.2, 0.25) is 6.79 Å². The summed E-state index contributed by atoms with van der Waals surface area (Å²) >= 11 is 0. The minimum absolute atomic E-state index is 0.186. The standard InChI is InChI=1S/C28H27F4N3O3.C21H25F3N2O2.C3H4O2/c29-23-5-11-25(12-6-23)37-27(22-3-9-26(10-4-22)38-28(30,31)32)20-35-15-13-34(14-16-35)17-18-36-24-7-1-21(19-33)2-8-24;22-21(23,24)28-20-8-6-17(7-9-20)10-13-26-14-12-25-16-18(26)11-15-27-19-4-2-1-3-5-19;1-2-5-3-4-1/h1-12,27H,13-18,20H2;1-9,18,25H,10-16H2;1-2H,3H2. The van der Waals surface area contributed by atoms with Crippen molar-refractivity contribution in [2.75, 3.05) is 85.5 Å². The molecule has 0 spiro atoms. The summed E-state index contributed by atoms with van der Waals surface area (Å²) in [6.07, 6.45) is -5.18. The summed E-state index contributed by atoms with van der Waals surface area (Å²) in [5.41, 5.74) is 2.26. The number of halogens is 7. The third-order valence-corrected chi connectivity index (χ3v) is 11.3. The van der Waals surface area contributed by atoms with Gasteiger partial charge in [-0.2, -0.15) is 5.26 Å². The Labute approximate surface area is 408 Å². The molecule has 2 atom stereocenters. The van der Waals surface area contributed by atoms with Gasteiger partial charge < -0.3 is 38.5 Å². The topological polar surface area (TPSA) is 110 Å². The van der Waals surface area contributed by atoms with E-state index >= 15 is 0 Å². The molecule has 12 nitrogen and oxygen atoms in total. The second-order valence-corrected chi connectivity index (χ2v) is 16.3. The summed E-state index contributed by atoms with van der Waals surface area (Å²) in [6.45, 7) is 9.66. The number of para-hydroxylation sites is 1. The van der Waals surface area contributed by atoms with Crippen LogP contribution in [0.2, 0.25) is 0 Å². The van der Waals surface area contributed by atoms with Gasteiger partial charge in [-0.1, -0.05) is 42.5 Å². The number of piperazine rings is 2. The van der Waals surface area contributed by atoms with Crippen molar-refractivity contribution in [3.63, 3.8) is 0 Å². The van der Waals surface area contributed by atoms with Crippen molar-refractivity contribution < 1.29 is 63.9 Å². The predicted molar refractivity (Wildman–Crippen MR) is 250 cm³/mol. The summed E-state index contributed by atoms with van der Waals surface area (Å²) in [6, 6.07) is 36.6. The van der Waals surface area contributed by atoms with Crippen LogP contribution in [-0.2, 0) is 15.9 Å². The van der Waals surface area contributed by atoms with Gasteiger partial charge in [-0.05, 0) is 109 Å². The van der Waals surface area contributed by atoms with Gasteiger partial charge in [-0.15, -0.1) is 26.3 Å². The molecule has 0 aliphatic carbocycles. The van der Waals surface area contributed by atoms with Crippen molar-refractivity contribution in [3.8, 4) is 34.8 Å². The molecule has 0 amide bonds. The molecule has 8 rings (SSSR count). The Morgan fingerprint density at radius 2 is 1.20 bits per heavy atom. The maximum absolute atomic E-state index is 13.4. The zero-order valence-corrected chi connectivity index (χ0v) is 38.8. The molecule has 2 saturated heterocycles. The summed E-state index contributed by atoms with van der Waals surface area (Å²) in [5.74, 6) is 1.18. The molecule has 3 heterocycles. The van der Waals surface area contributed by atoms with E-state index in [4.69, 9.17) is 19.5 Å². The SMILES string of the molecule is C1=COCO1.FC(F)(F)Oc1ccc(CCN2CCNCC2CCOc2ccccc2)cc1.N#Cc1ccc(OCCN2CCN(CC(Oc3ccc(F)cc3)c3ccc(OC(F)(F)F)cc3)CC2)cc1. The van der Waals surface area contributed by atoms with Crippen molar-refractivity contribution >= 4 is 0 Å². The Kier molecular flexibility index (Phi) is 20.9. The molecule has 5 aromatic carbocycles. The van der Waals surface area contributed by atoms with E-state index in [1.165, 1.54) is 61.1 Å². The average Bonchev–Trinajstić information content (AvgIpc) is 3.96. The molecule has 3 aliphatic heterocycles. The van der Waals surface area contributed by atoms with E-state index in [2.05, 4.69) is 45.0 Å². The van der Waals surface area contributed by atoms with E-state index in [0.717, 1.165) is 88.8 Å². The maximum Gasteiger partial charge on any atom is 0.573 e. The monoisotopic (exact) mass is 995 g/mol. The first-order valence-electron chi connectivity index (χ1n) is 23.0. The van der Waals surface area contributed by atoms with Gasteiger partial charge in [0.05, 0.1) is 18.2 Å². The Morgan fingerprint density at radius 1 is 0.634 bits per heavy atom. The first kappa shape index (κ1) is 53.6. The van der Waals surface area contributed by atoms with Crippen LogP contribution in [0.4, 0.5) is 30.7 Å². The third kappa shape index (κ3) is 20.3. The van der Waals surface area contributed by atoms with Crippen LogP contribution >= 0.6 is 0 Å². The van der Waals surface area contributed by atoms with Crippen LogP contribution in [0.25, 0.3) is 0 Å². The molecule has 5 aromatic rings. The molecule has 1 N–H and O–H groups in total. The van der Waals surface area contributed by atoms with Gasteiger partial charge >= 0.3 is 12.7 Å². The second-order valence-electron chi connectivity index (χ2n) is 16.3. The van der Waals surface area contributed by atoms with Crippen molar-refractivity contribution in [1.29, 1.82) is 5.26 Å².